The summed E-state index contributed by atoms with van der Waals surface area (Å²) in [5.41, 5.74) is 1.37. The van der Waals surface area contributed by atoms with Gasteiger partial charge < -0.3 is 5.32 Å². The first-order chi connectivity index (χ1) is 11.5. The molecule has 0 bridgehead atoms. The molecule has 1 saturated heterocycles. The maximum Gasteiger partial charge on any atom is 0.234 e. The number of benzene rings is 1. The van der Waals surface area contributed by atoms with Crippen molar-refractivity contribution < 1.29 is 9.18 Å². The molecule has 1 aliphatic heterocycles. The highest BCUT2D eigenvalue weighted by Crippen LogP contribution is 2.24. The minimum Gasteiger partial charge on any atom is -0.351 e. The van der Waals surface area contributed by atoms with Gasteiger partial charge in [0.25, 0.3) is 0 Å². The van der Waals surface area contributed by atoms with Crippen LogP contribution in [-0.4, -0.2) is 45.6 Å². The molecule has 6 nitrogen and oxygen atoms in total. The molecule has 1 fully saturated rings. The number of hydrogen-bond donors (Lipinski definition) is 2. The van der Waals surface area contributed by atoms with E-state index in [1.54, 1.807) is 13.0 Å². The third-order valence-electron chi connectivity index (χ3n) is 4.35. The fourth-order valence-corrected chi connectivity index (χ4v) is 2.94. The summed E-state index contributed by atoms with van der Waals surface area (Å²) in [6.45, 7) is 5.91. The van der Waals surface area contributed by atoms with E-state index in [1.165, 1.54) is 6.07 Å². The van der Waals surface area contributed by atoms with Gasteiger partial charge in [0.05, 0.1) is 6.54 Å². The predicted molar refractivity (Wildman–Crippen MR) is 87.9 cm³/mol. The molecule has 1 aromatic carbocycles. The van der Waals surface area contributed by atoms with Crippen molar-refractivity contribution in [1.29, 1.82) is 0 Å². The second-order valence-electron chi connectivity index (χ2n) is 6.36. The van der Waals surface area contributed by atoms with E-state index in [1.807, 2.05) is 13.0 Å². The number of hydrogen-bond acceptors (Lipinski definition) is 4. The highest BCUT2D eigenvalue weighted by molar-refractivity contribution is 5.78. The first-order valence-corrected chi connectivity index (χ1v) is 8.14. The van der Waals surface area contributed by atoms with E-state index >= 15 is 0 Å². The molecule has 0 radical (unpaired) electrons. The van der Waals surface area contributed by atoms with Crippen molar-refractivity contribution in [2.75, 3.05) is 19.6 Å². The number of aryl methyl sites for hydroxylation is 2. The van der Waals surface area contributed by atoms with Gasteiger partial charge in [-0.05, 0) is 44.0 Å². The van der Waals surface area contributed by atoms with Crippen LogP contribution in [-0.2, 0) is 11.3 Å². The van der Waals surface area contributed by atoms with Gasteiger partial charge >= 0.3 is 0 Å². The van der Waals surface area contributed by atoms with Crippen LogP contribution in [0.2, 0.25) is 0 Å². The fourth-order valence-electron chi connectivity index (χ4n) is 2.94. The monoisotopic (exact) mass is 331 g/mol. The summed E-state index contributed by atoms with van der Waals surface area (Å²) in [7, 11) is 0. The molecule has 1 aliphatic rings. The Labute approximate surface area is 140 Å². The fraction of sp³-hybridized carbons (Fsp3) is 0.471. The van der Waals surface area contributed by atoms with Gasteiger partial charge in [-0.25, -0.2) is 9.37 Å². The average Bonchev–Trinajstić information content (AvgIpc) is 3.17. The molecule has 0 spiro atoms. The lowest BCUT2D eigenvalue weighted by Crippen LogP contribution is -2.35. The van der Waals surface area contributed by atoms with Gasteiger partial charge in [0.15, 0.2) is 5.82 Å². The van der Waals surface area contributed by atoms with Gasteiger partial charge in [-0.15, -0.1) is 0 Å². The number of aromatic nitrogens is 3. The largest absolute Gasteiger partial charge is 0.351 e. The standard InChI is InChI=1S/C17H22FN5O/c1-11-3-4-13(7-15(11)18)8-19-16(24)10-23-6-5-14(9-23)17-20-12(2)21-22-17/h3-4,7,14H,5-6,8-10H2,1-2H3,(H,19,24)(H,20,21,22). The zero-order chi connectivity index (χ0) is 17.1. The van der Waals surface area contributed by atoms with Crippen LogP contribution in [0.3, 0.4) is 0 Å². The number of carbonyl (C=O) groups excluding carboxylic acids is 1. The van der Waals surface area contributed by atoms with Gasteiger partial charge in [-0.1, -0.05) is 12.1 Å². The Kier molecular flexibility index (Phi) is 4.89. The van der Waals surface area contributed by atoms with Crippen molar-refractivity contribution in [2.45, 2.75) is 32.7 Å². The number of likely N-dealkylation sites (tertiary alicyclic amines) is 1. The minimum atomic E-state index is -0.245. The molecule has 1 unspecified atom stereocenters. The summed E-state index contributed by atoms with van der Waals surface area (Å²) in [5, 5.41) is 9.91. The first-order valence-electron chi connectivity index (χ1n) is 8.14. The number of amides is 1. The highest BCUT2D eigenvalue weighted by atomic mass is 19.1. The molecule has 0 saturated carbocycles. The highest BCUT2D eigenvalue weighted by Gasteiger charge is 2.27. The molecule has 2 N–H and O–H groups in total. The quantitative estimate of drug-likeness (QED) is 0.874. The Balaban J connectivity index is 1.46. The predicted octanol–water partition coefficient (Wildman–Crippen LogP) is 1.67. The molecular formula is C17H22FN5O. The summed E-state index contributed by atoms with van der Waals surface area (Å²) in [6.07, 6.45) is 0.952. The SMILES string of the molecule is Cc1nc(C2CCN(CC(=O)NCc3ccc(C)c(F)c3)C2)n[nH]1. The van der Waals surface area contributed by atoms with Crippen LogP contribution in [0.1, 0.15) is 35.1 Å². The Bertz CT molecular complexity index is 730. The van der Waals surface area contributed by atoms with Crippen LogP contribution in [0.15, 0.2) is 18.2 Å². The lowest BCUT2D eigenvalue weighted by molar-refractivity contribution is -0.122. The van der Waals surface area contributed by atoms with Crippen molar-refractivity contribution in [2.24, 2.45) is 0 Å². The Hall–Kier alpha value is -2.28. The number of aromatic amines is 1. The van der Waals surface area contributed by atoms with Crippen LogP contribution < -0.4 is 5.32 Å². The number of nitrogens with zero attached hydrogens (tertiary/aromatic N) is 3. The molecule has 128 valence electrons. The summed E-state index contributed by atoms with van der Waals surface area (Å²) in [5.74, 6) is 1.61. The number of rotatable bonds is 5. The summed E-state index contributed by atoms with van der Waals surface area (Å²) in [4.78, 5) is 18.6. The molecule has 7 heteroatoms. The first kappa shape index (κ1) is 16.6. The molecule has 1 amide bonds. The van der Waals surface area contributed by atoms with Crippen molar-refractivity contribution in [3.8, 4) is 0 Å². The van der Waals surface area contributed by atoms with E-state index in [-0.39, 0.29) is 17.6 Å². The normalized spacial score (nSPS) is 18.0. The molecular weight excluding hydrogens is 309 g/mol. The summed E-state index contributed by atoms with van der Waals surface area (Å²) < 4.78 is 13.5. The smallest absolute Gasteiger partial charge is 0.234 e. The van der Waals surface area contributed by atoms with Crippen LogP contribution >= 0.6 is 0 Å². The van der Waals surface area contributed by atoms with E-state index in [9.17, 15) is 9.18 Å². The third-order valence-corrected chi connectivity index (χ3v) is 4.35. The van der Waals surface area contributed by atoms with Gasteiger partial charge in [0.1, 0.15) is 11.6 Å². The molecule has 1 atom stereocenters. The summed E-state index contributed by atoms with van der Waals surface area (Å²) >= 11 is 0. The van der Waals surface area contributed by atoms with Gasteiger partial charge in [0.2, 0.25) is 5.91 Å². The topological polar surface area (TPSA) is 73.9 Å². The second kappa shape index (κ2) is 7.09. The maximum absolute atomic E-state index is 13.5. The molecule has 2 aromatic rings. The Morgan fingerprint density at radius 3 is 3.00 bits per heavy atom. The van der Waals surface area contributed by atoms with E-state index in [2.05, 4.69) is 25.4 Å². The van der Waals surface area contributed by atoms with Crippen molar-refractivity contribution in [1.82, 2.24) is 25.4 Å². The summed E-state index contributed by atoms with van der Waals surface area (Å²) in [6, 6.07) is 5.02. The lowest BCUT2D eigenvalue weighted by Gasteiger charge is -2.15. The van der Waals surface area contributed by atoms with Crippen LogP contribution in [0.25, 0.3) is 0 Å². The molecule has 1 aromatic heterocycles. The number of halogens is 1. The van der Waals surface area contributed by atoms with Crippen LogP contribution in [0.4, 0.5) is 4.39 Å². The number of H-pyrrole nitrogens is 1. The average molecular weight is 331 g/mol. The van der Waals surface area contributed by atoms with E-state index < -0.39 is 0 Å². The zero-order valence-electron chi connectivity index (χ0n) is 14.0. The van der Waals surface area contributed by atoms with Crippen LogP contribution in [0, 0.1) is 19.7 Å². The van der Waals surface area contributed by atoms with E-state index in [0.717, 1.165) is 36.7 Å². The van der Waals surface area contributed by atoms with Crippen molar-refractivity contribution in [3.63, 3.8) is 0 Å². The number of carbonyl (C=O) groups is 1. The van der Waals surface area contributed by atoms with E-state index in [4.69, 9.17) is 0 Å². The molecule has 0 aliphatic carbocycles. The molecule has 2 heterocycles. The Morgan fingerprint density at radius 1 is 1.46 bits per heavy atom. The van der Waals surface area contributed by atoms with E-state index in [0.29, 0.717) is 18.7 Å². The third kappa shape index (κ3) is 3.97. The van der Waals surface area contributed by atoms with Gasteiger partial charge in [-0.3, -0.25) is 14.8 Å². The molecule has 3 rings (SSSR count). The Morgan fingerprint density at radius 2 is 2.29 bits per heavy atom. The van der Waals surface area contributed by atoms with Gasteiger partial charge in [0, 0.05) is 19.0 Å². The minimum absolute atomic E-state index is 0.0530. The molecule has 24 heavy (non-hydrogen) atoms. The van der Waals surface area contributed by atoms with Crippen molar-refractivity contribution in [3.05, 3.63) is 46.8 Å². The lowest BCUT2D eigenvalue weighted by atomic mass is 10.1. The van der Waals surface area contributed by atoms with Crippen molar-refractivity contribution >= 4 is 5.91 Å². The number of nitrogens with one attached hydrogen (secondary N) is 2. The maximum atomic E-state index is 13.5. The van der Waals surface area contributed by atoms with Gasteiger partial charge in [-0.2, -0.15) is 5.10 Å². The zero-order valence-corrected chi connectivity index (χ0v) is 14.0. The van der Waals surface area contributed by atoms with Crippen LogP contribution in [0.5, 0.6) is 0 Å². The second-order valence-corrected chi connectivity index (χ2v) is 6.36.